The number of para-hydroxylation sites is 2. The number of hydrogen-bond acceptors (Lipinski definition) is 5. The summed E-state index contributed by atoms with van der Waals surface area (Å²) >= 11 is 0. The molecule has 0 aliphatic carbocycles. The molecule has 1 aliphatic heterocycles. The summed E-state index contributed by atoms with van der Waals surface area (Å²) in [4.78, 5) is 9.32. The molecule has 1 saturated heterocycles. The van der Waals surface area contributed by atoms with Crippen molar-refractivity contribution >= 4 is 5.69 Å². The summed E-state index contributed by atoms with van der Waals surface area (Å²) in [6.07, 6.45) is -3.49. The van der Waals surface area contributed by atoms with E-state index >= 15 is 0 Å². The molecule has 0 atom stereocenters. The molecular weight excluding hydrogens is 309 g/mol. The Bertz CT molecular complexity index is 672. The van der Waals surface area contributed by atoms with Crippen LogP contribution in [0.1, 0.15) is 5.69 Å². The van der Waals surface area contributed by atoms with Gasteiger partial charge in [-0.25, -0.2) is 4.98 Å². The summed E-state index contributed by atoms with van der Waals surface area (Å²) in [6.45, 7) is 3.27. The van der Waals surface area contributed by atoms with Gasteiger partial charge in [0.1, 0.15) is 0 Å². The van der Waals surface area contributed by atoms with Crippen molar-refractivity contribution in [3.8, 4) is 11.8 Å². The van der Waals surface area contributed by atoms with Gasteiger partial charge in [0.05, 0.1) is 5.69 Å². The fraction of sp³-hybridized carbons (Fsp3) is 0.333. The van der Waals surface area contributed by atoms with Gasteiger partial charge in [-0.1, -0.05) is 12.1 Å². The second kappa shape index (κ2) is 6.41. The van der Waals surface area contributed by atoms with Crippen LogP contribution in [0.15, 0.2) is 36.5 Å². The number of piperazine rings is 1. The monoisotopic (exact) mass is 324 g/mol. The zero-order valence-corrected chi connectivity index (χ0v) is 12.2. The summed E-state index contributed by atoms with van der Waals surface area (Å²) in [6, 6.07) is 7.68. The van der Waals surface area contributed by atoms with Gasteiger partial charge in [-0.2, -0.15) is 18.2 Å². The molecule has 0 unspecified atom stereocenters. The molecule has 2 aromatic rings. The zero-order chi connectivity index (χ0) is 16.3. The van der Waals surface area contributed by atoms with E-state index in [1.165, 1.54) is 0 Å². The Balaban J connectivity index is 1.86. The Labute approximate surface area is 131 Å². The predicted octanol–water partition coefficient (Wildman–Crippen LogP) is 2.70. The predicted molar refractivity (Wildman–Crippen MR) is 78.6 cm³/mol. The van der Waals surface area contributed by atoms with Crippen LogP contribution in [0, 0.1) is 0 Å². The van der Waals surface area contributed by atoms with Crippen molar-refractivity contribution in [2.75, 3.05) is 31.1 Å². The Morgan fingerprint density at radius 2 is 1.83 bits per heavy atom. The van der Waals surface area contributed by atoms with Gasteiger partial charge in [0, 0.05) is 32.4 Å². The normalized spacial score (nSPS) is 15.5. The summed E-state index contributed by atoms with van der Waals surface area (Å²) in [7, 11) is 0. The van der Waals surface area contributed by atoms with Gasteiger partial charge in [0.15, 0.2) is 11.4 Å². The lowest BCUT2D eigenvalue weighted by atomic mass is 10.2. The quantitative estimate of drug-likeness (QED) is 0.941. The molecule has 0 bridgehead atoms. The van der Waals surface area contributed by atoms with Crippen LogP contribution >= 0.6 is 0 Å². The first-order valence-electron chi connectivity index (χ1n) is 7.17. The van der Waals surface area contributed by atoms with E-state index in [1.54, 1.807) is 12.1 Å². The number of anilines is 1. The number of aromatic nitrogens is 2. The number of halogens is 3. The summed E-state index contributed by atoms with van der Waals surface area (Å²) in [5, 5.41) is 3.25. The van der Waals surface area contributed by atoms with Gasteiger partial charge in [-0.05, 0) is 18.2 Å². The van der Waals surface area contributed by atoms with E-state index in [0.717, 1.165) is 44.1 Å². The smallest absolute Gasteiger partial charge is 0.422 e. The number of rotatable bonds is 3. The highest BCUT2D eigenvalue weighted by atomic mass is 19.4. The molecule has 0 saturated carbocycles. The molecular formula is C15H15F3N4O. The number of benzene rings is 1. The fourth-order valence-corrected chi connectivity index (χ4v) is 2.36. The molecule has 0 spiro atoms. The molecule has 122 valence electrons. The number of nitrogens with one attached hydrogen (secondary N) is 1. The van der Waals surface area contributed by atoms with Gasteiger partial charge >= 0.3 is 12.2 Å². The van der Waals surface area contributed by atoms with E-state index < -0.39 is 11.9 Å². The van der Waals surface area contributed by atoms with Crippen molar-refractivity contribution in [2.24, 2.45) is 0 Å². The molecule has 1 aliphatic rings. The summed E-state index contributed by atoms with van der Waals surface area (Å²) in [5.74, 6) is 0.439. The van der Waals surface area contributed by atoms with Crippen LogP contribution in [0.3, 0.4) is 0 Å². The van der Waals surface area contributed by atoms with E-state index in [0.29, 0.717) is 5.75 Å². The molecule has 5 nitrogen and oxygen atoms in total. The zero-order valence-electron chi connectivity index (χ0n) is 12.2. The molecule has 1 fully saturated rings. The van der Waals surface area contributed by atoms with E-state index in [1.807, 2.05) is 12.1 Å². The Kier molecular flexibility index (Phi) is 4.33. The van der Waals surface area contributed by atoms with Crippen LogP contribution in [0.4, 0.5) is 18.9 Å². The maximum atomic E-state index is 12.7. The van der Waals surface area contributed by atoms with Crippen LogP contribution in [0.2, 0.25) is 0 Å². The maximum absolute atomic E-state index is 12.7. The van der Waals surface area contributed by atoms with E-state index in [9.17, 15) is 13.2 Å². The van der Waals surface area contributed by atoms with E-state index in [-0.39, 0.29) is 6.01 Å². The Hall–Kier alpha value is -2.35. The molecule has 3 rings (SSSR count). The molecule has 1 aromatic heterocycles. The van der Waals surface area contributed by atoms with Crippen LogP contribution in [-0.4, -0.2) is 36.1 Å². The minimum atomic E-state index is -4.53. The standard InChI is InChI=1S/C15H15F3N4O/c16-15(17,18)13-5-6-20-14(21-13)23-12-4-2-1-3-11(12)22-9-7-19-8-10-22/h1-6,19H,7-10H2. The third kappa shape index (κ3) is 3.70. The average molecular weight is 324 g/mol. The maximum Gasteiger partial charge on any atom is 0.433 e. The Morgan fingerprint density at radius 1 is 1.09 bits per heavy atom. The molecule has 0 amide bonds. The number of nitrogens with zero attached hydrogens (tertiary/aromatic N) is 3. The highest BCUT2D eigenvalue weighted by Crippen LogP contribution is 2.32. The largest absolute Gasteiger partial charge is 0.433 e. The molecule has 0 radical (unpaired) electrons. The minimum absolute atomic E-state index is 0.317. The molecule has 23 heavy (non-hydrogen) atoms. The molecule has 2 heterocycles. The topological polar surface area (TPSA) is 50.3 Å². The van der Waals surface area contributed by atoms with Gasteiger partial charge in [-0.15, -0.1) is 0 Å². The molecule has 1 aromatic carbocycles. The second-order valence-corrected chi connectivity index (χ2v) is 5.03. The van der Waals surface area contributed by atoms with Crippen LogP contribution in [0.5, 0.6) is 11.8 Å². The van der Waals surface area contributed by atoms with E-state index in [4.69, 9.17) is 4.74 Å². The first-order chi connectivity index (χ1) is 11.0. The summed E-state index contributed by atoms with van der Waals surface area (Å²) in [5.41, 5.74) is -0.211. The first kappa shape index (κ1) is 15.5. The first-order valence-corrected chi connectivity index (χ1v) is 7.17. The number of hydrogen-bond donors (Lipinski definition) is 1. The fourth-order valence-electron chi connectivity index (χ4n) is 2.36. The van der Waals surface area contributed by atoms with Crippen molar-refractivity contribution < 1.29 is 17.9 Å². The van der Waals surface area contributed by atoms with Gasteiger partial charge < -0.3 is 15.0 Å². The lowest BCUT2D eigenvalue weighted by Gasteiger charge is -2.30. The molecule has 1 N–H and O–H groups in total. The van der Waals surface area contributed by atoms with Gasteiger partial charge in [0.25, 0.3) is 0 Å². The van der Waals surface area contributed by atoms with Crippen molar-refractivity contribution in [3.63, 3.8) is 0 Å². The Morgan fingerprint density at radius 3 is 2.57 bits per heavy atom. The van der Waals surface area contributed by atoms with Crippen molar-refractivity contribution in [1.82, 2.24) is 15.3 Å². The third-order valence-corrected chi connectivity index (χ3v) is 3.45. The number of alkyl halides is 3. The van der Waals surface area contributed by atoms with Gasteiger partial charge in [-0.3, -0.25) is 0 Å². The van der Waals surface area contributed by atoms with Gasteiger partial charge in [0.2, 0.25) is 0 Å². The lowest BCUT2D eigenvalue weighted by Crippen LogP contribution is -2.43. The van der Waals surface area contributed by atoms with Crippen molar-refractivity contribution in [3.05, 3.63) is 42.2 Å². The third-order valence-electron chi connectivity index (χ3n) is 3.45. The highest BCUT2D eigenvalue weighted by molar-refractivity contribution is 5.59. The minimum Gasteiger partial charge on any atom is -0.422 e. The highest BCUT2D eigenvalue weighted by Gasteiger charge is 2.33. The molecule has 8 heteroatoms. The number of ether oxygens (including phenoxy) is 1. The SMILES string of the molecule is FC(F)(F)c1ccnc(Oc2ccccc2N2CCNCC2)n1. The lowest BCUT2D eigenvalue weighted by molar-refractivity contribution is -0.141. The second-order valence-electron chi connectivity index (χ2n) is 5.03. The van der Waals surface area contributed by atoms with E-state index in [2.05, 4.69) is 20.2 Å². The van der Waals surface area contributed by atoms with Crippen LogP contribution < -0.4 is 15.0 Å². The summed E-state index contributed by atoms with van der Waals surface area (Å²) < 4.78 is 43.7. The average Bonchev–Trinajstić information content (AvgIpc) is 2.56. The van der Waals surface area contributed by atoms with Crippen LogP contribution in [-0.2, 0) is 6.18 Å². The van der Waals surface area contributed by atoms with Crippen LogP contribution in [0.25, 0.3) is 0 Å². The van der Waals surface area contributed by atoms with Crippen molar-refractivity contribution in [2.45, 2.75) is 6.18 Å². The van der Waals surface area contributed by atoms with Crippen molar-refractivity contribution in [1.29, 1.82) is 0 Å².